The van der Waals surface area contributed by atoms with Crippen molar-refractivity contribution in [3.63, 3.8) is 0 Å². The van der Waals surface area contributed by atoms with Gasteiger partial charge >= 0.3 is 0 Å². The minimum absolute atomic E-state index is 0.174. The fraction of sp³-hybridized carbons (Fsp3) is 0.562. The summed E-state index contributed by atoms with van der Waals surface area (Å²) < 4.78 is 24.8. The van der Waals surface area contributed by atoms with Crippen molar-refractivity contribution in [1.29, 1.82) is 0 Å². The van der Waals surface area contributed by atoms with Crippen molar-refractivity contribution in [2.75, 3.05) is 17.5 Å². The van der Waals surface area contributed by atoms with Gasteiger partial charge in [0.05, 0.1) is 6.26 Å². The number of unbranched alkanes of at least 4 members (excludes halogenated alkanes) is 1. The van der Waals surface area contributed by atoms with E-state index in [2.05, 4.69) is 23.9 Å². The van der Waals surface area contributed by atoms with Crippen LogP contribution in [0.5, 0.6) is 0 Å². The maximum absolute atomic E-state index is 12.2. The third kappa shape index (κ3) is 6.93. The van der Waals surface area contributed by atoms with Gasteiger partial charge in [-0.3, -0.25) is 9.52 Å². The highest BCUT2D eigenvalue weighted by molar-refractivity contribution is 7.92. The molecule has 124 valence electrons. The number of hydrogen-bond acceptors (Lipinski definition) is 3. The monoisotopic (exact) mass is 326 g/mol. The maximum Gasteiger partial charge on any atom is 0.251 e. The molecule has 0 unspecified atom stereocenters. The minimum atomic E-state index is -3.34. The maximum atomic E-state index is 12.2. The summed E-state index contributed by atoms with van der Waals surface area (Å²) in [5, 5.41) is 2.93. The van der Waals surface area contributed by atoms with Crippen molar-refractivity contribution < 1.29 is 13.2 Å². The molecule has 6 heteroatoms. The van der Waals surface area contributed by atoms with Gasteiger partial charge in [0.1, 0.15) is 0 Å². The lowest BCUT2D eigenvalue weighted by Crippen LogP contribution is -2.29. The fourth-order valence-corrected chi connectivity index (χ4v) is 2.78. The number of anilines is 1. The molecule has 0 aliphatic rings. The smallest absolute Gasteiger partial charge is 0.251 e. The molecule has 1 aromatic rings. The van der Waals surface area contributed by atoms with Crippen LogP contribution in [0.1, 0.15) is 49.9 Å². The first-order valence-electron chi connectivity index (χ1n) is 7.71. The third-order valence-electron chi connectivity index (χ3n) is 3.52. The number of carbonyl (C=O) groups is 1. The van der Waals surface area contributed by atoms with Crippen molar-refractivity contribution in [3.05, 3.63) is 29.8 Å². The molecule has 0 saturated heterocycles. The van der Waals surface area contributed by atoms with E-state index in [1.807, 2.05) is 0 Å². The molecule has 0 aliphatic heterocycles. The molecular weight excluding hydrogens is 300 g/mol. The first-order chi connectivity index (χ1) is 10.4. The van der Waals surface area contributed by atoms with E-state index in [9.17, 15) is 13.2 Å². The molecule has 0 aliphatic carbocycles. The topological polar surface area (TPSA) is 75.3 Å². The highest BCUT2D eigenvalue weighted by atomic mass is 32.2. The number of carbonyl (C=O) groups excluding carboxylic acids is 1. The summed E-state index contributed by atoms with van der Waals surface area (Å²) in [5.74, 6) is 0.313. The van der Waals surface area contributed by atoms with Gasteiger partial charge in [-0.05, 0) is 30.5 Å². The molecule has 0 radical (unpaired) electrons. The van der Waals surface area contributed by atoms with Crippen LogP contribution in [0, 0.1) is 5.92 Å². The van der Waals surface area contributed by atoms with E-state index in [1.165, 1.54) is 6.42 Å². The largest absolute Gasteiger partial charge is 0.352 e. The molecule has 0 aromatic heterocycles. The first kappa shape index (κ1) is 18.5. The van der Waals surface area contributed by atoms with E-state index in [0.717, 1.165) is 25.5 Å². The predicted molar refractivity (Wildman–Crippen MR) is 90.5 cm³/mol. The van der Waals surface area contributed by atoms with E-state index in [4.69, 9.17) is 0 Å². The van der Waals surface area contributed by atoms with Gasteiger partial charge in [0.2, 0.25) is 10.0 Å². The second-order valence-electron chi connectivity index (χ2n) is 5.58. The van der Waals surface area contributed by atoms with Crippen molar-refractivity contribution in [1.82, 2.24) is 5.32 Å². The average molecular weight is 326 g/mol. The average Bonchev–Trinajstić information content (AvgIpc) is 2.45. The summed E-state index contributed by atoms with van der Waals surface area (Å²) in [7, 11) is -3.34. The van der Waals surface area contributed by atoms with E-state index in [-0.39, 0.29) is 5.91 Å². The number of rotatable bonds is 9. The van der Waals surface area contributed by atoms with Gasteiger partial charge in [-0.1, -0.05) is 39.2 Å². The van der Waals surface area contributed by atoms with Crippen LogP contribution in [-0.4, -0.2) is 27.1 Å². The highest BCUT2D eigenvalue weighted by Crippen LogP contribution is 2.14. The van der Waals surface area contributed by atoms with Crippen LogP contribution >= 0.6 is 0 Å². The van der Waals surface area contributed by atoms with Crippen LogP contribution in [0.2, 0.25) is 0 Å². The Kier molecular flexibility index (Phi) is 7.38. The van der Waals surface area contributed by atoms with Crippen LogP contribution in [0.3, 0.4) is 0 Å². The summed E-state index contributed by atoms with van der Waals surface area (Å²) in [6.07, 6.45) is 5.56. The Morgan fingerprint density at radius 3 is 2.59 bits per heavy atom. The molecule has 0 fully saturated rings. The molecule has 0 heterocycles. The van der Waals surface area contributed by atoms with Crippen LogP contribution in [0.15, 0.2) is 24.3 Å². The normalized spacial score (nSPS) is 12.7. The summed E-state index contributed by atoms with van der Waals surface area (Å²) in [5.41, 5.74) is 0.854. The summed E-state index contributed by atoms with van der Waals surface area (Å²) in [6, 6.07) is 6.50. The molecule has 2 N–H and O–H groups in total. The van der Waals surface area contributed by atoms with Crippen molar-refractivity contribution >= 4 is 21.6 Å². The van der Waals surface area contributed by atoms with Gasteiger partial charge < -0.3 is 5.32 Å². The molecule has 5 nitrogen and oxygen atoms in total. The van der Waals surface area contributed by atoms with Crippen LogP contribution < -0.4 is 10.0 Å². The van der Waals surface area contributed by atoms with Gasteiger partial charge in [0, 0.05) is 17.8 Å². The number of sulfonamides is 1. The van der Waals surface area contributed by atoms with E-state index in [1.54, 1.807) is 24.3 Å². The Labute approximate surface area is 133 Å². The van der Waals surface area contributed by atoms with Crippen molar-refractivity contribution in [2.24, 2.45) is 5.92 Å². The number of amides is 1. The third-order valence-corrected chi connectivity index (χ3v) is 4.13. The molecule has 0 spiro atoms. The first-order valence-corrected chi connectivity index (χ1v) is 9.61. The molecule has 1 atom stereocenters. The standard InChI is InChI=1S/C16H26N2O3S/c1-4-6-8-13(5-2)12-17-16(19)14-9-7-10-15(11-14)18-22(3,20)21/h7,9-11,13,18H,4-6,8,12H2,1-3H3,(H,17,19)/t13-/m0/s1. The molecule has 1 rings (SSSR count). The summed E-state index contributed by atoms with van der Waals surface area (Å²) in [4.78, 5) is 12.2. The Morgan fingerprint density at radius 1 is 1.27 bits per heavy atom. The SMILES string of the molecule is CCCC[C@H](CC)CNC(=O)c1cccc(NS(C)(=O)=O)c1. The van der Waals surface area contributed by atoms with Gasteiger partial charge in [-0.2, -0.15) is 0 Å². The van der Waals surface area contributed by atoms with Crippen LogP contribution in [0.4, 0.5) is 5.69 Å². The zero-order chi connectivity index (χ0) is 16.6. The Balaban J connectivity index is 2.63. The molecular formula is C16H26N2O3S. The minimum Gasteiger partial charge on any atom is -0.352 e. The number of benzene rings is 1. The summed E-state index contributed by atoms with van der Waals surface area (Å²) in [6.45, 7) is 4.94. The molecule has 1 amide bonds. The van der Waals surface area contributed by atoms with Crippen LogP contribution in [-0.2, 0) is 10.0 Å². The van der Waals surface area contributed by atoms with E-state index >= 15 is 0 Å². The lowest BCUT2D eigenvalue weighted by Gasteiger charge is -2.15. The molecule has 0 bridgehead atoms. The van der Waals surface area contributed by atoms with E-state index in [0.29, 0.717) is 23.7 Å². The quantitative estimate of drug-likeness (QED) is 0.732. The van der Waals surface area contributed by atoms with Crippen molar-refractivity contribution in [2.45, 2.75) is 39.5 Å². The lowest BCUT2D eigenvalue weighted by atomic mass is 9.99. The van der Waals surface area contributed by atoms with Crippen molar-refractivity contribution in [3.8, 4) is 0 Å². The van der Waals surface area contributed by atoms with E-state index < -0.39 is 10.0 Å². The Morgan fingerprint density at radius 2 is 2.00 bits per heavy atom. The Bertz CT molecular complexity index is 585. The van der Waals surface area contributed by atoms with Gasteiger partial charge in [0.15, 0.2) is 0 Å². The lowest BCUT2D eigenvalue weighted by molar-refractivity contribution is 0.0946. The van der Waals surface area contributed by atoms with Gasteiger partial charge in [-0.25, -0.2) is 8.42 Å². The summed E-state index contributed by atoms with van der Waals surface area (Å²) >= 11 is 0. The van der Waals surface area contributed by atoms with Crippen LogP contribution in [0.25, 0.3) is 0 Å². The fourth-order valence-electron chi connectivity index (χ4n) is 2.22. The number of hydrogen-bond donors (Lipinski definition) is 2. The predicted octanol–water partition coefficient (Wildman–Crippen LogP) is 3.00. The van der Waals surface area contributed by atoms with Gasteiger partial charge in [-0.15, -0.1) is 0 Å². The second kappa shape index (κ2) is 8.78. The zero-order valence-electron chi connectivity index (χ0n) is 13.6. The zero-order valence-corrected chi connectivity index (χ0v) is 14.4. The Hall–Kier alpha value is -1.56. The highest BCUT2D eigenvalue weighted by Gasteiger charge is 2.11. The van der Waals surface area contributed by atoms with Gasteiger partial charge in [0.25, 0.3) is 5.91 Å². The second-order valence-corrected chi connectivity index (χ2v) is 7.33. The molecule has 22 heavy (non-hydrogen) atoms. The number of nitrogens with one attached hydrogen (secondary N) is 2. The molecule has 1 aromatic carbocycles. The molecule has 0 saturated carbocycles.